The molecule has 0 saturated carbocycles. The summed E-state index contributed by atoms with van der Waals surface area (Å²) in [7, 11) is 0. The van der Waals surface area contributed by atoms with Gasteiger partial charge in [-0.05, 0) is 45.8 Å². The first kappa shape index (κ1) is 12.5. The molecule has 0 atom stereocenters. The number of hydrogen-bond acceptors (Lipinski definition) is 3. The number of hydrogen-bond donors (Lipinski definition) is 1. The highest BCUT2D eigenvalue weighted by molar-refractivity contribution is 9.10. The summed E-state index contributed by atoms with van der Waals surface area (Å²) in [4.78, 5) is 11.5. The molecule has 18 heavy (non-hydrogen) atoms. The predicted octanol–water partition coefficient (Wildman–Crippen LogP) is 2.95. The Hall–Kier alpha value is -1.95. The van der Waals surface area contributed by atoms with Crippen LogP contribution in [0.15, 0.2) is 50.6 Å². The Morgan fingerprint density at radius 1 is 1.39 bits per heavy atom. The van der Waals surface area contributed by atoms with E-state index in [0.29, 0.717) is 10.2 Å². The SMILES string of the molecule is O=C(N/N=C/c1cccc(F)c1)c1ccc(Br)o1. The molecule has 1 amide bonds. The van der Waals surface area contributed by atoms with Crippen LogP contribution < -0.4 is 5.43 Å². The van der Waals surface area contributed by atoms with Crippen LogP contribution >= 0.6 is 15.9 Å². The lowest BCUT2D eigenvalue weighted by molar-refractivity contribution is 0.0926. The van der Waals surface area contributed by atoms with E-state index in [1.54, 1.807) is 18.2 Å². The van der Waals surface area contributed by atoms with Crippen LogP contribution in [-0.2, 0) is 0 Å². The fraction of sp³-hybridized carbons (Fsp3) is 0. The minimum absolute atomic E-state index is 0.137. The lowest BCUT2D eigenvalue weighted by Crippen LogP contribution is -2.16. The van der Waals surface area contributed by atoms with Gasteiger partial charge in [0.05, 0.1) is 6.21 Å². The van der Waals surface area contributed by atoms with Crippen molar-refractivity contribution in [1.29, 1.82) is 0 Å². The molecule has 0 saturated heterocycles. The smallest absolute Gasteiger partial charge is 0.307 e. The Kier molecular flexibility index (Phi) is 3.88. The summed E-state index contributed by atoms with van der Waals surface area (Å²) in [6.07, 6.45) is 1.35. The molecule has 0 unspecified atom stereocenters. The van der Waals surface area contributed by atoms with Crippen molar-refractivity contribution in [2.24, 2.45) is 5.10 Å². The molecule has 0 fully saturated rings. The topological polar surface area (TPSA) is 54.6 Å². The summed E-state index contributed by atoms with van der Waals surface area (Å²) < 4.78 is 18.3. The average Bonchev–Trinajstić information content (AvgIpc) is 2.76. The highest BCUT2D eigenvalue weighted by atomic mass is 79.9. The minimum Gasteiger partial charge on any atom is -0.444 e. The van der Waals surface area contributed by atoms with Gasteiger partial charge in [0, 0.05) is 0 Å². The van der Waals surface area contributed by atoms with Crippen LogP contribution in [0, 0.1) is 5.82 Å². The van der Waals surface area contributed by atoms with Crippen molar-refractivity contribution in [3.05, 3.63) is 58.2 Å². The maximum atomic E-state index is 12.9. The number of hydrazone groups is 1. The molecule has 1 aromatic heterocycles. The summed E-state index contributed by atoms with van der Waals surface area (Å²) in [6.45, 7) is 0. The molecule has 6 heteroatoms. The van der Waals surface area contributed by atoms with E-state index >= 15 is 0 Å². The van der Waals surface area contributed by atoms with Crippen molar-refractivity contribution < 1.29 is 13.6 Å². The van der Waals surface area contributed by atoms with Crippen molar-refractivity contribution >= 4 is 28.1 Å². The predicted molar refractivity (Wildman–Crippen MR) is 67.9 cm³/mol. The molecule has 0 aliphatic heterocycles. The van der Waals surface area contributed by atoms with Crippen molar-refractivity contribution in [2.45, 2.75) is 0 Å². The first-order valence-electron chi connectivity index (χ1n) is 4.99. The summed E-state index contributed by atoms with van der Waals surface area (Å²) in [6, 6.07) is 8.97. The minimum atomic E-state index is -0.478. The molecule has 0 bridgehead atoms. The normalized spacial score (nSPS) is 10.8. The van der Waals surface area contributed by atoms with Crippen LogP contribution in [0.1, 0.15) is 16.1 Å². The second-order valence-corrected chi connectivity index (χ2v) is 4.14. The Morgan fingerprint density at radius 3 is 2.89 bits per heavy atom. The van der Waals surface area contributed by atoms with Gasteiger partial charge >= 0.3 is 5.91 Å². The van der Waals surface area contributed by atoms with Gasteiger partial charge in [0.2, 0.25) is 0 Å². The van der Waals surface area contributed by atoms with Crippen molar-refractivity contribution in [3.8, 4) is 0 Å². The molecule has 0 spiro atoms. The average molecular weight is 311 g/mol. The molecule has 1 N–H and O–H groups in total. The number of nitrogens with one attached hydrogen (secondary N) is 1. The highest BCUT2D eigenvalue weighted by Crippen LogP contribution is 2.13. The number of carbonyl (C=O) groups excluding carboxylic acids is 1. The third-order valence-electron chi connectivity index (χ3n) is 2.03. The molecule has 0 aliphatic rings. The van der Waals surface area contributed by atoms with E-state index in [-0.39, 0.29) is 11.6 Å². The zero-order valence-electron chi connectivity index (χ0n) is 9.06. The summed E-state index contributed by atoms with van der Waals surface area (Å²) in [5.41, 5.74) is 2.83. The van der Waals surface area contributed by atoms with Crippen molar-refractivity contribution in [1.82, 2.24) is 5.43 Å². The van der Waals surface area contributed by atoms with Gasteiger partial charge in [-0.1, -0.05) is 12.1 Å². The molecular weight excluding hydrogens is 303 g/mol. The Bertz CT molecular complexity index is 595. The van der Waals surface area contributed by atoms with Gasteiger partial charge in [-0.15, -0.1) is 0 Å². The summed E-state index contributed by atoms with van der Waals surface area (Å²) in [5.74, 6) is -0.702. The number of carbonyl (C=O) groups is 1. The van der Waals surface area contributed by atoms with Crippen LogP contribution in [0.3, 0.4) is 0 Å². The molecule has 0 radical (unpaired) electrons. The Balaban J connectivity index is 1.97. The van der Waals surface area contributed by atoms with Crippen molar-refractivity contribution in [3.63, 3.8) is 0 Å². The second kappa shape index (κ2) is 5.59. The second-order valence-electron chi connectivity index (χ2n) is 3.36. The number of halogens is 2. The molecule has 92 valence electrons. The fourth-order valence-electron chi connectivity index (χ4n) is 1.24. The Morgan fingerprint density at radius 2 is 2.22 bits per heavy atom. The van der Waals surface area contributed by atoms with E-state index in [1.165, 1.54) is 24.4 Å². The maximum Gasteiger partial charge on any atom is 0.307 e. The van der Waals surface area contributed by atoms with Crippen LogP contribution in [0.5, 0.6) is 0 Å². The van der Waals surface area contributed by atoms with Gasteiger partial charge < -0.3 is 4.42 Å². The number of benzene rings is 1. The maximum absolute atomic E-state index is 12.9. The van der Waals surface area contributed by atoms with Gasteiger partial charge in [0.25, 0.3) is 0 Å². The monoisotopic (exact) mass is 310 g/mol. The van der Waals surface area contributed by atoms with E-state index in [9.17, 15) is 9.18 Å². The number of rotatable bonds is 3. The van der Waals surface area contributed by atoms with Crippen LogP contribution in [-0.4, -0.2) is 12.1 Å². The lowest BCUT2D eigenvalue weighted by Gasteiger charge is -1.95. The van der Waals surface area contributed by atoms with Crippen LogP contribution in [0.2, 0.25) is 0 Å². The highest BCUT2D eigenvalue weighted by Gasteiger charge is 2.08. The van der Waals surface area contributed by atoms with Gasteiger partial charge in [-0.25, -0.2) is 9.82 Å². The van der Waals surface area contributed by atoms with Crippen molar-refractivity contribution in [2.75, 3.05) is 0 Å². The van der Waals surface area contributed by atoms with Crippen LogP contribution in [0.4, 0.5) is 4.39 Å². The number of amides is 1. The third kappa shape index (κ3) is 3.27. The van der Waals surface area contributed by atoms with Gasteiger partial charge in [0.15, 0.2) is 10.4 Å². The van der Waals surface area contributed by atoms with E-state index < -0.39 is 5.91 Å². The molecule has 2 aromatic rings. The third-order valence-corrected chi connectivity index (χ3v) is 2.45. The zero-order chi connectivity index (χ0) is 13.0. The first-order chi connectivity index (χ1) is 8.65. The summed E-state index contributed by atoms with van der Waals surface area (Å²) >= 11 is 3.09. The first-order valence-corrected chi connectivity index (χ1v) is 5.79. The molecule has 4 nitrogen and oxygen atoms in total. The number of furan rings is 1. The molecule has 1 heterocycles. The van der Waals surface area contributed by atoms with E-state index in [0.717, 1.165) is 0 Å². The number of nitrogens with zero attached hydrogens (tertiary/aromatic N) is 1. The quantitative estimate of drug-likeness (QED) is 0.700. The standard InChI is InChI=1S/C12H8BrFN2O2/c13-11-5-4-10(18-11)12(17)16-15-7-8-2-1-3-9(14)6-8/h1-7H,(H,16,17)/b15-7+. The fourth-order valence-corrected chi connectivity index (χ4v) is 1.55. The Labute approximate surface area is 111 Å². The zero-order valence-corrected chi connectivity index (χ0v) is 10.6. The van der Waals surface area contributed by atoms with Gasteiger partial charge in [-0.3, -0.25) is 4.79 Å². The van der Waals surface area contributed by atoms with E-state index in [2.05, 4.69) is 26.5 Å². The molecule has 0 aliphatic carbocycles. The van der Waals surface area contributed by atoms with E-state index in [1.807, 2.05) is 0 Å². The largest absolute Gasteiger partial charge is 0.444 e. The van der Waals surface area contributed by atoms with Gasteiger partial charge in [0.1, 0.15) is 5.82 Å². The molecular formula is C12H8BrFN2O2. The molecule has 2 rings (SSSR count). The van der Waals surface area contributed by atoms with Gasteiger partial charge in [-0.2, -0.15) is 5.10 Å². The molecule has 1 aromatic carbocycles. The summed E-state index contributed by atoms with van der Waals surface area (Å²) in [5, 5.41) is 3.70. The van der Waals surface area contributed by atoms with Crippen LogP contribution in [0.25, 0.3) is 0 Å². The lowest BCUT2D eigenvalue weighted by atomic mass is 10.2. The van der Waals surface area contributed by atoms with E-state index in [4.69, 9.17) is 4.42 Å².